The van der Waals surface area contributed by atoms with E-state index in [1.807, 2.05) is 41.3 Å². The van der Waals surface area contributed by atoms with Gasteiger partial charge in [-0.3, -0.25) is 4.79 Å². The molecule has 4 aromatic rings. The minimum atomic E-state index is -0.228. The molecule has 0 unspecified atom stereocenters. The molecular formula is C23H21N7O. The monoisotopic (exact) mass is 411 g/mol. The van der Waals surface area contributed by atoms with Crippen molar-refractivity contribution in [1.29, 1.82) is 0 Å². The quantitative estimate of drug-likeness (QED) is 0.414. The van der Waals surface area contributed by atoms with E-state index < -0.39 is 0 Å². The zero-order valence-corrected chi connectivity index (χ0v) is 16.6. The van der Waals surface area contributed by atoms with Gasteiger partial charge in [-0.05, 0) is 48.0 Å². The number of anilines is 5. The molecule has 0 saturated carbocycles. The molecule has 0 aliphatic carbocycles. The number of amides is 1. The van der Waals surface area contributed by atoms with Crippen LogP contribution in [0.5, 0.6) is 0 Å². The van der Waals surface area contributed by atoms with E-state index in [2.05, 4.69) is 20.3 Å². The van der Waals surface area contributed by atoms with Crippen molar-refractivity contribution in [2.45, 2.75) is 6.54 Å². The van der Waals surface area contributed by atoms with Gasteiger partial charge in [-0.15, -0.1) is 0 Å². The molecule has 0 atom stereocenters. The number of aromatic nitrogens is 3. The average molecular weight is 411 g/mol. The molecule has 0 radical (unpaired) electrons. The highest BCUT2D eigenvalue weighted by atomic mass is 16.1. The fourth-order valence-electron chi connectivity index (χ4n) is 3.12. The van der Waals surface area contributed by atoms with Gasteiger partial charge in [-0.2, -0.15) is 0 Å². The highest BCUT2D eigenvalue weighted by Crippen LogP contribution is 2.29. The molecule has 0 aliphatic rings. The molecule has 154 valence electrons. The molecule has 0 bridgehead atoms. The summed E-state index contributed by atoms with van der Waals surface area (Å²) in [4.78, 5) is 27.0. The summed E-state index contributed by atoms with van der Waals surface area (Å²) < 4.78 is 0. The lowest BCUT2D eigenvalue weighted by Gasteiger charge is -2.24. The van der Waals surface area contributed by atoms with Crippen LogP contribution in [0.1, 0.15) is 15.9 Å². The number of hydrogen-bond donors (Lipinski definition) is 3. The van der Waals surface area contributed by atoms with Crippen LogP contribution in [0.3, 0.4) is 0 Å². The lowest BCUT2D eigenvalue weighted by Crippen LogP contribution is -2.19. The highest BCUT2D eigenvalue weighted by Gasteiger charge is 2.15. The summed E-state index contributed by atoms with van der Waals surface area (Å²) in [5, 5.41) is 2.83. The van der Waals surface area contributed by atoms with Crippen molar-refractivity contribution < 1.29 is 4.79 Å². The van der Waals surface area contributed by atoms with Crippen molar-refractivity contribution in [3.8, 4) is 0 Å². The Morgan fingerprint density at radius 2 is 1.71 bits per heavy atom. The molecule has 31 heavy (non-hydrogen) atoms. The Hall–Kier alpha value is -4.46. The van der Waals surface area contributed by atoms with E-state index in [1.165, 1.54) is 6.33 Å². The summed E-state index contributed by atoms with van der Waals surface area (Å²) in [6, 6.07) is 20.0. The third-order valence-corrected chi connectivity index (χ3v) is 4.72. The first-order valence-electron chi connectivity index (χ1n) is 9.60. The van der Waals surface area contributed by atoms with Crippen LogP contribution in [0.4, 0.5) is 28.7 Å². The predicted octanol–water partition coefficient (Wildman–Crippen LogP) is 3.63. The lowest BCUT2D eigenvalue weighted by atomic mass is 10.1. The molecule has 0 spiro atoms. The maximum atomic E-state index is 12.6. The molecule has 5 N–H and O–H groups in total. The predicted molar refractivity (Wildman–Crippen MR) is 122 cm³/mol. The molecule has 0 saturated heterocycles. The van der Waals surface area contributed by atoms with Crippen LogP contribution in [0.15, 0.2) is 85.5 Å². The van der Waals surface area contributed by atoms with E-state index in [4.69, 9.17) is 11.5 Å². The van der Waals surface area contributed by atoms with Gasteiger partial charge < -0.3 is 21.7 Å². The van der Waals surface area contributed by atoms with Gasteiger partial charge >= 0.3 is 0 Å². The molecule has 0 fully saturated rings. The smallest absolute Gasteiger partial charge is 0.255 e. The highest BCUT2D eigenvalue weighted by molar-refractivity contribution is 6.05. The van der Waals surface area contributed by atoms with Crippen LogP contribution in [0, 0.1) is 0 Å². The van der Waals surface area contributed by atoms with Gasteiger partial charge in [0.25, 0.3) is 5.91 Å². The largest absolute Gasteiger partial charge is 0.397 e. The molecular weight excluding hydrogens is 390 g/mol. The van der Waals surface area contributed by atoms with Crippen molar-refractivity contribution in [3.05, 3.63) is 96.6 Å². The van der Waals surface area contributed by atoms with Crippen LogP contribution < -0.4 is 21.7 Å². The van der Waals surface area contributed by atoms with Crippen molar-refractivity contribution in [2.75, 3.05) is 21.7 Å². The van der Waals surface area contributed by atoms with Crippen LogP contribution in [-0.2, 0) is 6.54 Å². The molecule has 2 aromatic carbocycles. The second kappa shape index (κ2) is 8.91. The van der Waals surface area contributed by atoms with E-state index in [-0.39, 0.29) is 5.91 Å². The normalized spacial score (nSPS) is 10.5. The van der Waals surface area contributed by atoms with Gasteiger partial charge in [0.2, 0.25) is 0 Å². The summed E-state index contributed by atoms with van der Waals surface area (Å²) in [6.45, 7) is 0.487. The first-order valence-corrected chi connectivity index (χ1v) is 9.60. The number of nitrogens with two attached hydrogens (primary N) is 2. The number of pyridine rings is 1. The van der Waals surface area contributed by atoms with Gasteiger partial charge in [-0.1, -0.05) is 24.3 Å². The molecule has 8 heteroatoms. The third kappa shape index (κ3) is 4.59. The molecule has 2 aromatic heterocycles. The van der Waals surface area contributed by atoms with Gasteiger partial charge in [-0.25, -0.2) is 15.0 Å². The first-order chi connectivity index (χ1) is 15.1. The van der Waals surface area contributed by atoms with Crippen molar-refractivity contribution in [1.82, 2.24) is 15.0 Å². The fourth-order valence-corrected chi connectivity index (χ4v) is 3.12. The summed E-state index contributed by atoms with van der Waals surface area (Å²) in [6.07, 6.45) is 4.80. The summed E-state index contributed by atoms with van der Waals surface area (Å²) in [5.74, 6) is 0.863. The Labute approximate surface area is 179 Å². The van der Waals surface area contributed by atoms with Crippen molar-refractivity contribution in [3.63, 3.8) is 0 Å². The SMILES string of the molecule is Nc1ccccc1NC(=O)c1ccc(CN(c2ccncn2)c2cccnc2N)cc1. The van der Waals surface area contributed by atoms with Crippen molar-refractivity contribution >= 4 is 34.6 Å². The lowest BCUT2D eigenvalue weighted by molar-refractivity contribution is 0.102. The first kappa shape index (κ1) is 19.8. The Kier molecular flexibility index (Phi) is 5.70. The zero-order chi connectivity index (χ0) is 21.6. The molecule has 1 amide bonds. The number of rotatable bonds is 6. The van der Waals surface area contributed by atoms with Crippen LogP contribution >= 0.6 is 0 Å². The Morgan fingerprint density at radius 1 is 0.903 bits per heavy atom. The standard InChI is InChI=1S/C23H21N7O/c24-18-4-1-2-5-19(18)29-23(31)17-9-7-16(8-10-17)14-30(21-11-13-26-15-28-21)20-6-3-12-27-22(20)25/h1-13,15H,14,24H2,(H2,25,27)(H,29,31). The minimum absolute atomic E-state index is 0.228. The summed E-state index contributed by atoms with van der Waals surface area (Å²) in [7, 11) is 0. The third-order valence-electron chi connectivity index (χ3n) is 4.72. The van der Waals surface area contributed by atoms with Crippen LogP contribution in [-0.4, -0.2) is 20.9 Å². The molecule has 4 rings (SSSR count). The average Bonchev–Trinajstić information content (AvgIpc) is 2.80. The van der Waals surface area contributed by atoms with Gasteiger partial charge in [0.05, 0.1) is 17.1 Å². The number of nitrogens with one attached hydrogen (secondary N) is 1. The number of carbonyl (C=O) groups is 1. The maximum Gasteiger partial charge on any atom is 0.255 e. The van der Waals surface area contributed by atoms with Crippen LogP contribution in [0.25, 0.3) is 0 Å². The number of hydrogen-bond acceptors (Lipinski definition) is 7. The molecule has 0 aliphatic heterocycles. The Bertz CT molecular complexity index is 1180. The summed E-state index contributed by atoms with van der Waals surface area (Å²) >= 11 is 0. The second-order valence-corrected chi connectivity index (χ2v) is 6.80. The second-order valence-electron chi connectivity index (χ2n) is 6.80. The van der Waals surface area contributed by atoms with E-state index in [0.717, 1.165) is 11.3 Å². The zero-order valence-electron chi connectivity index (χ0n) is 16.6. The fraction of sp³-hybridized carbons (Fsp3) is 0.0435. The topological polar surface area (TPSA) is 123 Å². The number of nitrogen functional groups attached to an aromatic ring is 2. The molecule has 8 nitrogen and oxygen atoms in total. The molecule has 2 heterocycles. The Morgan fingerprint density at radius 3 is 2.42 bits per heavy atom. The van der Waals surface area contributed by atoms with E-state index in [0.29, 0.717) is 35.1 Å². The maximum absolute atomic E-state index is 12.6. The summed E-state index contributed by atoms with van der Waals surface area (Å²) in [5.41, 5.74) is 15.3. The number of nitrogens with zero attached hydrogens (tertiary/aromatic N) is 4. The van der Waals surface area contributed by atoms with E-state index in [9.17, 15) is 4.79 Å². The minimum Gasteiger partial charge on any atom is -0.397 e. The Balaban J connectivity index is 1.55. The van der Waals surface area contributed by atoms with E-state index >= 15 is 0 Å². The van der Waals surface area contributed by atoms with Gasteiger partial charge in [0, 0.05) is 24.5 Å². The number of carbonyl (C=O) groups excluding carboxylic acids is 1. The number of para-hydroxylation sites is 2. The van der Waals surface area contributed by atoms with Gasteiger partial charge in [0.1, 0.15) is 18.0 Å². The number of benzene rings is 2. The van der Waals surface area contributed by atoms with E-state index in [1.54, 1.807) is 42.7 Å². The van der Waals surface area contributed by atoms with Crippen molar-refractivity contribution in [2.24, 2.45) is 0 Å². The van der Waals surface area contributed by atoms with Crippen LogP contribution in [0.2, 0.25) is 0 Å². The van der Waals surface area contributed by atoms with Gasteiger partial charge in [0.15, 0.2) is 0 Å².